The maximum atomic E-state index is 12.4. The van der Waals surface area contributed by atoms with Gasteiger partial charge < -0.3 is 9.80 Å². The molecule has 2 amide bonds. The summed E-state index contributed by atoms with van der Waals surface area (Å²) in [6, 6.07) is 8.06. The van der Waals surface area contributed by atoms with E-state index < -0.39 is 0 Å². The first kappa shape index (κ1) is 16.5. The number of carbonyl (C=O) groups is 2. The zero-order chi connectivity index (χ0) is 16.3. The van der Waals surface area contributed by atoms with E-state index in [1.807, 2.05) is 55.7 Å². The third-order valence-corrected chi connectivity index (χ3v) is 4.00. The first-order valence-corrected chi connectivity index (χ1v) is 7.90. The van der Waals surface area contributed by atoms with Gasteiger partial charge in [-0.3, -0.25) is 9.59 Å². The molecule has 0 bridgehead atoms. The van der Waals surface area contributed by atoms with E-state index in [-0.39, 0.29) is 17.2 Å². The van der Waals surface area contributed by atoms with Crippen molar-refractivity contribution in [3.8, 4) is 0 Å². The van der Waals surface area contributed by atoms with Gasteiger partial charge in [0.15, 0.2) is 0 Å². The Bertz CT molecular complexity index is 552. The lowest BCUT2D eigenvalue weighted by atomic mass is 9.94. The highest BCUT2D eigenvalue weighted by atomic mass is 16.2. The number of nitrogens with zero attached hydrogens (tertiary/aromatic N) is 2. The Morgan fingerprint density at radius 3 is 2.18 bits per heavy atom. The molecular weight excluding hydrogens is 276 g/mol. The highest BCUT2D eigenvalue weighted by Gasteiger charge is 2.30. The van der Waals surface area contributed by atoms with Gasteiger partial charge in [0.25, 0.3) is 0 Å². The van der Waals surface area contributed by atoms with Crippen molar-refractivity contribution in [1.82, 2.24) is 9.80 Å². The van der Waals surface area contributed by atoms with Crippen LogP contribution in [-0.4, -0.2) is 47.8 Å². The third kappa shape index (κ3) is 4.09. The average Bonchev–Trinajstić information content (AvgIpc) is 2.45. The standard InChI is InChI=1S/C18H26N2O2/c1-14-6-5-7-15(12-14)13-16(21)19-8-10-20(11-9-19)17(22)18(2,3)4/h5-7,12H,8-11,13H2,1-4H3. The summed E-state index contributed by atoms with van der Waals surface area (Å²) >= 11 is 0. The molecule has 0 unspecified atom stereocenters. The Hall–Kier alpha value is -1.84. The van der Waals surface area contributed by atoms with Gasteiger partial charge in [-0.2, -0.15) is 0 Å². The molecular formula is C18H26N2O2. The Morgan fingerprint density at radius 1 is 1.05 bits per heavy atom. The number of rotatable bonds is 2. The molecule has 1 aromatic carbocycles. The van der Waals surface area contributed by atoms with Gasteiger partial charge in [-0.1, -0.05) is 50.6 Å². The zero-order valence-corrected chi connectivity index (χ0v) is 14.1. The van der Waals surface area contributed by atoms with Crippen LogP contribution in [0.25, 0.3) is 0 Å². The maximum Gasteiger partial charge on any atom is 0.228 e. The molecule has 0 atom stereocenters. The van der Waals surface area contributed by atoms with Gasteiger partial charge in [-0.05, 0) is 12.5 Å². The van der Waals surface area contributed by atoms with E-state index in [2.05, 4.69) is 6.07 Å². The van der Waals surface area contributed by atoms with Gasteiger partial charge in [-0.15, -0.1) is 0 Å². The molecule has 2 rings (SSSR count). The van der Waals surface area contributed by atoms with Crippen molar-refractivity contribution in [3.63, 3.8) is 0 Å². The van der Waals surface area contributed by atoms with Crippen LogP contribution in [0, 0.1) is 12.3 Å². The third-order valence-electron chi connectivity index (χ3n) is 4.00. The van der Waals surface area contributed by atoms with Gasteiger partial charge in [0.1, 0.15) is 0 Å². The molecule has 22 heavy (non-hydrogen) atoms. The molecule has 1 aliphatic rings. The van der Waals surface area contributed by atoms with E-state index in [1.165, 1.54) is 5.56 Å². The van der Waals surface area contributed by atoms with Crippen molar-refractivity contribution in [3.05, 3.63) is 35.4 Å². The summed E-state index contributed by atoms with van der Waals surface area (Å²) in [5.74, 6) is 0.312. The van der Waals surface area contributed by atoms with Crippen molar-refractivity contribution >= 4 is 11.8 Å². The molecule has 1 aromatic rings. The lowest BCUT2D eigenvalue weighted by molar-refractivity contribution is -0.144. The summed E-state index contributed by atoms with van der Waals surface area (Å²) in [5.41, 5.74) is 1.87. The SMILES string of the molecule is Cc1cccc(CC(=O)N2CCN(C(=O)C(C)(C)C)CC2)c1. The van der Waals surface area contributed by atoms with Crippen molar-refractivity contribution in [2.45, 2.75) is 34.1 Å². The van der Waals surface area contributed by atoms with Crippen molar-refractivity contribution < 1.29 is 9.59 Å². The molecule has 0 N–H and O–H groups in total. The smallest absolute Gasteiger partial charge is 0.228 e. The molecule has 0 spiro atoms. The maximum absolute atomic E-state index is 12.4. The topological polar surface area (TPSA) is 40.6 Å². The van der Waals surface area contributed by atoms with Gasteiger partial charge in [0.2, 0.25) is 11.8 Å². The lowest BCUT2D eigenvalue weighted by Gasteiger charge is -2.37. The average molecular weight is 302 g/mol. The first-order chi connectivity index (χ1) is 10.3. The number of benzene rings is 1. The second-order valence-electron chi connectivity index (χ2n) is 7.09. The molecule has 0 aromatic heterocycles. The molecule has 4 heteroatoms. The van der Waals surface area contributed by atoms with Crippen LogP contribution < -0.4 is 0 Å². The minimum atomic E-state index is -0.353. The summed E-state index contributed by atoms with van der Waals surface area (Å²) in [4.78, 5) is 28.4. The highest BCUT2D eigenvalue weighted by Crippen LogP contribution is 2.19. The molecule has 0 aliphatic carbocycles. The fraction of sp³-hybridized carbons (Fsp3) is 0.556. The van der Waals surface area contributed by atoms with Crippen LogP contribution in [0.3, 0.4) is 0 Å². The van der Waals surface area contributed by atoms with Gasteiger partial charge >= 0.3 is 0 Å². The Balaban J connectivity index is 1.89. The number of carbonyl (C=O) groups excluding carboxylic acids is 2. The van der Waals surface area contributed by atoms with Crippen molar-refractivity contribution in [1.29, 1.82) is 0 Å². The Kier molecular flexibility index (Phi) is 4.89. The van der Waals surface area contributed by atoms with Gasteiger partial charge in [-0.25, -0.2) is 0 Å². The van der Waals surface area contributed by atoms with E-state index in [0.29, 0.717) is 32.6 Å². The monoisotopic (exact) mass is 302 g/mol. The lowest BCUT2D eigenvalue weighted by Crippen LogP contribution is -2.53. The second kappa shape index (κ2) is 6.51. The number of aryl methyl sites for hydroxylation is 1. The van der Waals surface area contributed by atoms with Crippen LogP contribution in [0.5, 0.6) is 0 Å². The molecule has 0 saturated carbocycles. The fourth-order valence-electron chi connectivity index (χ4n) is 2.74. The highest BCUT2D eigenvalue weighted by molar-refractivity contribution is 5.82. The summed E-state index contributed by atoms with van der Waals surface area (Å²) in [6.07, 6.45) is 0.439. The Labute approximate surface area is 133 Å². The zero-order valence-electron chi connectivity index (χ0n) is 14.1. The van der Waals surface area contributed by atoms with Crippen LogP contribution in [0.15, 0.2) is 24.3 Å². The largest absolute Gasteiger partial charge is 0.339 e. The minimum Gasteiger partial charge on any atom is -0.339 e. The number of amides is 2. The molecule has 1 heterocycles. The van der Waals surface area contributed by atoms with Crippen LogP contribution >= 0.6 is 0 Å². The first-order valence-electron chi connectivity index (χ1n) is 7.90. The summed E-state index contributed by atoms with van der Waals surface area (Å²) in [6.45, 7) is 10.4. The molecule has 1 saturated heterocycles. The quantitative estimate of drug-likeness (QED) is 0.841. The van der Waals surface area contributed by atoms with Gasteiger partial charge in [0, 0.05) is 31.6 Å². The molecule has 0 radical (unpaired) electrons. The predicted octanol–water partition coefficient (Wildman–Crippen LogP) is 2.25. The predicted molar refractivity (Wildman–Crippen MR) is 87.5 cm³/mol. The molecule has 1 fully saturated rings. The summed E-state index contributed by atoms with van der Waals surface area (Å²) in [7, 11) is 0. The van der Waals surface area contributed by atoms with E-state index in [9.17, 15) is 9.59 Å². The summed E-state index contributed by atoms with van der Waals surface area (Å²) < 4.78 is 0. The van der Waals surface area contributed by atoms with Crippen LogP contribution in [0.2, 0.25) is 0 Å². The van der Waals surface area contributed by atoms with Gasteiger partial charge in [0.05, 0.1) is 6.42 Å². The summed E-state index contributed by atoms with van der Waals surface area (Å²) in [5, 5.41) is 0. The van der Waals surface area contributed by atoms with Crippen LogP contribution in [0.4, 0.5) is 0 Å². The van der Waals surface area contributed by atoms with E-state index in [4.69, 9.17) is 0 Å². The van der Waals surface area contributed by atoms with Crippen molar-refractivity contribution in [2.24, 2.45) is 5.41 Å². The van der Waals surface area contributed by atoms with Crippen LogP contribution in [0.1, 0.15) is 31.9 Å². The van der Waals surface area contributed by atoms with E-state index >= 15 is 0 Å². The molecule has 4 nitrogen and oxygen atoms in total. The number of hydrogen-bond donors (Lipinski definition) is 0. The molecule has 120 valence electrons. The Morgan fingerprint density at radius 2 is 1.64 bits per heavy atom. The molecule has 1 aliphatic heterocycles. The normalized spacial score (nSPS) is 15.8. The van der Waals surface area contributed by atoms with E-state index in [1.54, 1.807) is 0 Å². The second-order valence-corrected chi connectivity index (χ2v) is 7.09. The van der Waals surface area contributed by atoms with Crippen molar-refractivity contribution in [2.75, 3.05) is 26.2 Å². The fourth-order valence-corrected chi connectivity index (χ4v) is 2.74. The van der Waals surface area contributed by atoms with Crippen LogP contribution in [-0.2, 0) is 16.0 Å². The minimum absolute atomic E-state index is 0.147. The number of piperazine rings is 1. The van der Waals surface area contributed by atoms with E-state index in [0.717, 1.165) is 5.56 Å². The number of hydrogen-bond acceptors (Lipinski definition) is 2.